The maximum absolute atomic E-state index is 12.7. The first-order valence-corrected chi connectivity index (χ1v) is 9.29. The summed E-state index contributed by atoms with van der Waals surface area (Å²) in [4.78, 5) is 14.3. The van der Waals surface area contributed by atoms with Gasteiger partial charge < -0.3 is 15.4 Å². The lowest BCUT2D eigenvalue weighted by Crippen LogP contribution is -2.54. The summed E-state index contributed by atoms with van der Waals surface area (Å²) in [5.74, 6) is 0.533. The molecule has 1 amide bonds. The highest BCUT2D eigenvalue weighted by Crippen LogP contribution is 2.21. The monoisotopic (exact) mass is 395 g/mol. The molecule has 0 saturated carbocycles. The number of aromatic nitrogens is 4. The number of aromatic amines is 1. The van der Waals surface area contributed by atoms with Crippen molar-refractivity contribution in [3.05, 3.63) is 65.5 Å². The van der Waals surface area contributed by atoms with E-state index >= 15 is 0 Å². The quantitative estimate of drug-likeness (QED) is 0.337. The maximum atomic E-state index is 12.7. The summed E-state index contributed by atoms with van der Waals surface area (Å²) >= 11 is 0. The predicted octanol–water partition coefficient (Wildman–Crippen LogP) is 1.44. The Balaban J connectivity index is 1.68. The smallest absolute Gasteiger partial charge is 0.253 e. The van der Waals surface area contributed by atoms with E-state index in [0.717, 1.165) is 16.7 Å². The molecule has 3 rings (SSSR count). The van der Waals surface area contributed by atoms with Crippen LogP contribution in [-0.4, -0.2) is 62.9 Å². The van der Waals surface area contributed by atoms with Crippen molar-refractivity contribution in [2.75, 3.05) is 14.1 Å². The van der Waals surface area contributed by atoms with Crippen LogP contribution >= 0.6 is 0 Å². The Bertz CT molecular complexity index is 907. The van der Waals surface area contributed by atoms with Crippen LogP contribution in [0.5, 0.6) is 0 Å². The number of hydrogen-bond donors (Lipinski definition) is 4. The number of carbonyl (C=O) groups is 1. The summed E-state index contributed by atoms with van der Waals surface area (Å²) in [6, 6.07) is 15.4. The van der Waals surface area contributed by atoms with Crippen molar-refractivity contribution in [3.63, 3.8) is 0 Å². The Morgan fingerprint density at radius 2 is 1.76 bits per heavy atom. The topological polar surface area (TPSA) is 119 Å². The lowest BCUT2D eigenvalue weighted by Gasteiger charge is -2.31. The fraction of sp³-hybridized carbons (Fsp3) is 0.300. The number of nitrogens with one attached hydrogen (secondary N) is 3. The molecule has 0 radical (unpaired) electrons. The minimum atomic E-state index is -0.422. The molecule has 9 heteroatoms. The van der Waals surface area contributed by atoms with Crippen molar-refractivity contribution in [3.8, 4) is 11.1 Å². The number of rotatable bonds is 8. The molecule has 4 N–H and O–H groups in total. The second-order valence-electron chi connectivity index (χ2n) is 6.83. The molecule has 3 aromatic rings. The highest BCUT2D eigenvalue weighted by molar-refractivity contribution is 5.94. The van der Waals surface area contributed by atoms with Crippen LogP contribution in [0.25, 0.3) is 11.1 Å². The van der Waals surface area contributed by atoms with Gasteiger partial charge in [-0.15, -0.1) is 10.2 Å². The van der Waals surface area contributed by atoms with Gasteiger partial charge in [0.15, 0.2) is 5.82 Å². The van der Waals surface area contributed by atoms with Crippen molar-refractivity contribution in [2.45, 2.75) is 25.6 Å². The molecule has 0 fully saturated rings. The first-order valence-electron chi connectivity index (χ1n) is 9.29. The Hall–Kier alpha value is -3.14. The number of hydroxylamine groups is 1. The van der Waals surface area contributed by atoms with Gasteiger partial charge in [-0.1, -0.05) is 41.6 Å². The molecule has 1 heterocycles. The minimum absolute atomic E-state index is 0.116. The van der Waals surface area contributed by atoms with Crippen molar-refractivity contribution >= 4 is 5.91 Å². The van der Waals surface area contributed by atoms with Gasteiger partial charge in [0.1, 0.15) is 6.17 Å². The van der Waals surface area contributed by atoms with Crippen molar-refractivity contribution in [1.29, 1.82) is 0 Å². The summed E-state index contributed by atoms with van der Waals surface area (Å²) in [5, 5.41) is 26.0. The Kier molecular flexibility index (Phi) is 6.65. The van der Waals surface area contributed by atoms with Gasteiger partial charge in [-0.3, -0.25) is 4.79 Å². The average Bonchev–Trinajstić information content (AvgIpc) is 3.27. The lowest BCUT2D eigenvalue weighted by molar-refractivity contribution is 0.0493. The third kappa shape index (κ3) is 4.83. The van der Waals surface area contributed by atoms with Gasteiger partial charge in [0, 0.05) is 19.0 Å². The van der Waals surface area contributed by atoms with E-state index in [1.807, 2.05) is 55.5 Å². The fourth-order valence-corrected chi connectivity index (χ4v) is 3.09. The molecule has 2 unspecified atom stereocenters. The number of nitrogens with zero attached hydrogens (tertiary/aromatic N) is 4. The Labute approximate surface area is 169 Å². The van der Waals surface area contributed by atoms with E-state index in [0.29, 0.717) is 17.8 Å². The van der Waals surface area contributed by atoms with E-state index in [9.17, 15) is 10.0 Å². The molecule has 29 heavy (non-hydrogen) atoms. The summed E-state index contributed by atoms with van der Waals surface area (Å²) in [6.45, 7) is 1.85. The van der Waals surface area contributed by atoms with Gasteiger partial charge in [-0.25, -0.2) is 0 Å². The first-order chi connectivity index (χ1) is 14.0. The summed E-state index contributed by atoms with van der Waals surface area (Å²) in [6.07, 6.45) is 0.194. The van der Waals surface area contributed by atoms with Gasteiger partial charge in [0.05, 0.1) is 6.04 Å². The number of tetrazole rings is 1. The number of carbonyl (C=O) groups excluding carboxylic acids is 1. The second kappa shape index (κ2) is 9.37. The van der Waals surface area contributed by atoms with Gasteiger partial charge in [-0.05, 0) is 42.8 Å². The molecule has 2 atom stereocenters. The number of likely N-dealkylation sites (N-methyl/N-ethyl adjacent to an activating group) is 2. The van der Waals surface area contributed by atoms with Crippen molar-refractivity contribution < 1.29 is 10.0 Å². The first kappa shape index (κ1) is 20.6. The standard InChI is InChI=1S/C20H25N7O2/c1-13(19(21-2)24-29)27(3)20(28)17-10-8-16(9-11-17)15-6-4-14(5-7-15)12-18-22-25-26-23-18/h4-11,13,19,21,24,29H,12H2,1-3H3,(H,22,23,25,26). The van der Waals surface area contributed by atoms with Gasteiger partial charge >= 0.3 is 0 Å². The summed E-state index contributed by atoms with van der Waals surface area (Å²) in [7, 11) is 3.43. The van der Waals surface area contributed by atoms with E-state index in [4.69, 9.17) is 0 Å². The highest BCUT2D eigenvalue weighted by atomic mass is 16.5. The minimum Gasteiger partial charge on any atom is -0.336 e. The molecule has 0 bridgehead atoms. The maximum Gasteiger partial charge on any atom is 0.253 e. The Morgan fingerprint density at radius 1 is 1.14 bits per heavy atom. The van der Waals surface area contributed by atoms with Gasteiger partial charge in [0.2, 0.25) is 0 Å². The summed E-state index contributed by atoms with van der Waals surface area (Å²) < 4.78 is 0. The molecular formula is C20H25N7O2. The van der Waals surface area contributed by atoms with E-state index < -0.39 is 6.17 Å². The Morgan fingerprint density at radius 3 is 2.28 bits per heavy atom. The number of amides is 1. The van der Waals surface area contributed by atoms with Crippen LogP contribution in [0.1, 0.15) is 28.7 Å². The van der Waals surface area contributed by atoms with Gasteiger partial charge in [0.25, 0.3) is 5.91 Å². The van der Waals surface area contributed by atoms with Crippen LogP contribution in [0.15, 0.2) is 48.5 Å². The van der Waals surface area contributed by atoms with E-state index in [1.165, 1.54) is 0 Å². The van der Waals surface area contributed by atoms with Crippen molar-refractivity contribution in [2.24, 2.45) is 0 Å². The zero-order valence-electron chi connectivity index (χ0n) is 16.6. The lowest BCUT2D eigenvalue weighted by atomic mass is 10.0. The van der Waals surface area contributed by atoms with Crippen LogP contribution in [0.3, 0.4) is 0 Å². The third-order valence-electron chi connectivity index (χ3n) is 5.03. The molecule has 152 valence electrons. The number of hydrogen-bond acceptors (Lipinski definition) is 7. The molecule has 1 aromatic heterocycles. The summed E-state index contributed by atoms with van der Waals surface area (Å²) in [5.41, 5.74) is 5.93. The number of H-pyrrole nitrogens is 1. The third-order valence-corrected chi connectivity index (χ3v) is 5.03. The van der Waals surface area contributed by atoms with Crippen LogP contribution < -0.4 is 10.8 Å². The molecular weight excluding hydrogens is 370 g/mol. The van der Waals surface area contributed by atoms with Crippen LogP contribution in [0, 0.1) is 0 Å². The zero-order valence-corrected chi connectivity index (χ0v) is 16.6. The average molecular weight is 395 g/mol. The fourth-order valence-electron chi connectivity index (χ4n) is 3.09. The number of benzene rings is 2. The molecule has 0 aliphatic carbocycles. The van der Waals surface area contributed by atoms with Crippen LogP contribution in [0.4, 0.5) is 0 Å². The molecule has 0 aliphatic heterocycles. The zero-order chi connectivity index (χ0) is 20.8. The largest absolute Gasteiger partial charge is 0.336 e. The van der Waals surface area contributed by atoms with Crippen LogP contribution in [-0.2, 0) is 6.42 Å². The molecule has 0 aliphatic rings. The highest BCUT2D eigenvalue weighted by Gasteiger charge is 2.23. The van der Waals surface area contributed by atoms with Crippen LogP contribution in [0.2, 0.25) is 0 Å². The van der Waals surface area contributed by atoms with E-state index in [1.54, 1.807) is 19.0 Å². The van der Waals surface area contributed by atoms with E-state index in [-0.39, 0.29) is 11.9 Å². The molecule has 0 saturated heterocycles. The normalized spacial score (nSPS) is 13.1. The second-order valence-corrected chi connectivity index (χ2v) is 6.83. The molecule has 2 aromatic carbocycles. The van der Waals surface area contributed by atoms with Crippen molar-refractivity contribution in [1.82, 2.24) is 36.3 Å². The van der Waals surface area contributed by atoms with Gasteiger partial charge in [-0.2, -0.15) is 10.7 Å². The van der Waals surface area contributed by atoms with E-state index in [2.05, 4.69) is 31.4 Å². The molecule has 9 nitrogen and oxygen atoms in total. The predicted molar refractivity (Wildman–Crippen MR) is 108 cm³/mol. The SMILES string of the molecule is CNC(NO)C(C)N(C)C(=O)c1ccc(-c2ccc(Cc3nn[nH]n3)cc2)cc1. The molecule has 0 spiro atoms.